The van der Waals surface area contributed by atoms with Crippen LogP contribution in [0.1, 0.15) is 23.3 Å². The molecule has 1 aliphatic heterocycles. The van der Waals surface area contributed by atoms with Crippen LogP contribution in [0.25, 0.3) is 0 Å². The number of halogens is 2. The fraction of sp³-hybridized carbons (Fsp3) is 0.455. The zero-order chi connectivity index (χ0) is 13.3. The molecule has 98 valence electrons. The van der Waals surface area contributed by atoms with Crippen LogP contribution in [0.15, 0.2) is 6.07 Å². The summed E-state index contributed by atoms with van der Waals surface area (Å²) in [7, 11) is 0. The summed E-state index contributed by atoms with van der Waals surface area (Å²) in [6, 6.07) is 1.45. The van der Waals surface area contributed by atoms with Gasteiger partial charge >= 0.3 is 5.97 Å². The molecule has 1 aromatic heterocycles. The van der Waals surface area contributed by atoms with E-state index in [0.29, 0.717) is 19.4 Å². The number of nitrogens with zero attached hydrogens (tertiary/aromatic N) is 1. The van der Waals surface area contributed by atoms with Crippen molar-refractivity contribution in [3.63, 3.8) is 0 Å². The van der Waals surface area contributed by atoms with Crippen molar-refractivity contribution < 1.29 is 14.7 Å². The standard InChI is InChI=1S/C11H12Cl2N2O3/c12-7-4-8(14-9(7)13)10(16)15-3-1-2-6(5-15)11(17)18/h4,6,14H,1-3,5H2,(H,17,18). The molecule has 0 spiro atoms. The van der Waals surface area contributed by atoms with Crippen LogP contribution in [0.5, 0.6) is 0 Å². The Hall–Kier alpha value is -1.20. The first-order chi connectivity index (χ1) is 8.49. The summed E-state index contributed by atoms with van der Waals surface area (Å²) in [4.78, 5) is 27.2. The Balaban J connectivity index is 2.11. The normalized spacial score (nSPS) is 19.9. The molecule has 0 bridgehead atoms. The average Bonchev–Trinajstić information content (AvgIpc) is 2.69. The maximum atomic E-state index is 12.1. The third-order valence-electron chi connectivity index (χ3n) is 3.01. The second-order valence-electron chi connectivity index (χ2n) is 4.27. The SMILES string of the molecule is O=C(O)C1CCCN(C(=O)c2cc(Cl)c(Cl)[nH]2)C1. The van der Waals surface area contributed by atoms with Crippen molar-refractivity contribution in [3.05, 3.63) is 21.9 Å². The summed E-state index contributed by atoms with van der Waals surface area (Å²) >= 11 is 11.5. The highest BCUT2D eigenvalue weighted by Crippen LogP contribution is 2.24. The van der Waals surface area contributed by atoms with Gasteiger partial charge in [-0.15, -0.1) is 0 Å². The monoisotopic (exact) mass is 290 g/mol. The Kier molecular flexibility index (Phi) is 3.82. The minimum Gasteiger partial charge on any atom is -0.481 e. The van der Waals surface area contributed by atoms with Crippen LogP contribution in [-0.4, -0.2) is 40.0 Å². The average molecular weight is 291 g/mol. The molecule has 0 radical (unpaired) electrons. The minimum absolute atomic E-state index is 0.215. The number of carboxylic acid groups (broad SMARTS) is 1. The summed E-state index contributed by atoms with van der Waals surface area (Å²) in [6.07, 6.45) is 1.29. The molecule has 1 unspecified atom stereocenters. The zero-order valence-corrected chi connectivity index (χ0v) is 11.0. The molecule has 2 rings (SSSR count). The molecule has 1 aliphatic rings. The number of hydrogen-bond acceptors (Lipinski definition) is 2. The van der Waals surface area contributed by atoms with Gasteiger partial charge in [0, 0.05) is 13.1 Å². The first kappa shape index (κ1) is 13.2. The Morgan fingerprint density at radius 2 is 2.17 bits per heavy atom. The summed E-state index contributed by atoms with van der Waals surface area (Å²) in [5.41, 5.74) is 0.288. The van der Waals surface area contributed by atoms with E-state index in [-0.39, 0.29) is 28.3 Å². The first-order valence-electron chi connectivity index (χ1n) is 5.55. The quantitative estimate of drug-likeness (QED) is 0.877. The molecule has 5 nitrogen and oxygen atoms in total. The number of aromatic nitrogens is 1. The lowest BCUT2D eigenvalue weighted by Crippen LogP contribution is -2.42. The van der Waals surface area contributed by atoms with E-state index in [2.05, 4.69) is 4.98 Å². The number of carbonyl (C=O) groups is 2. The molecule has 2 N–H and O–H groups in total. The molecule has 1 aromatic rings. The van der Waals surface area contributed by atoms with Crippen molar-refractivity contribution in [2.45, 2.75) is 12.8 Å². The Morgan fingerprint density at radius 3 is 2.72 bits per heavy atom. The van der Waals surface area contributed by atoms with E-state index < -0.39 is 11.9 Å². The predicted molar refractivity (Wildman–Crippen MR) is 67.1 cm³/mol. The smallest absolute Gasteiger partial charge is 0.308 e. The molecule has 0 aliphatic carbocycles. The predicted octanol–water partition coefficient (Wildman–Crippen LogP) is 2.26. The topological polar surface area (TPSA) is 73.4 Å². The van der Waals surface area contributed by atoms with Gasteiger partial charge in [-0.05, 0) is 18.9 Å². The van der Waals surface area contributed by atoms with Gasteiger partial charge in [0.1, 0.15) is 10.8 Å². The van der Waals surface area contributed by atoms with Crippen molar-refractivity contribution in [1.82, 2.24) is 9.88 Å². The lowest BCUT2D eigenvalue weighted by Gasteiger charge is -2.30. The van der Waals surface area contributed by atoms with Crippen molar-refractivity contribution in [2.75, 3.05) is 13.1 Å². The van der Waals surface area contributed by atoms with Gasteiger partial charge < -0.3 is 15.0 Å². The van der Waals surface area contributed by atoms with E-state index >= 15 is 0 Å². The third-order valence-corrected chi connectivity index (χ3v) is 3.71. The number of piperidine rings is 1. The van der Waals surface area contributed by atoms with Crippen LogP contribution in [0.4, 0.5) is 0 Å². The molecule has 2 heterocycles. The van der Waals surface area contributed by atoms with Gasteiger partial charge in [-0.2, -0.15) is 0 Å². The van der Waals surface area contributed by atoms with Gasteiger partial charge in [-0.3, -0.25) is 9.59 Å². The van der Waals surface area contributed by atoms with Crippen molar-refractivity contribution >= 4 is 35.1 Å². The Morgan fingerprint density at radius 1 is 1.44 bits per heavy atom. The first-order valence-corrected chi connectivity index (χ1v) is 6.30. The van der Waals surface area contributed by atoms with Crippen LogP contribution >= 0.6 is 23.2 Å². The van der Waals surface area contributed by atoms with Crippen molar-refractivity contribution in [2.24, 2.45) is 5.92 Å². The van der Waals surface area contributed by atoms with E-state index in [4.69, 9.17) is 28.3 Å². The van der Waals surface area contributed by atoms with Crippen LogP contribution < -0.4 is 0 Å². The van der Waals surface area contributed by atoms with Crippen LogP contribution in [0.3, 0.4) is 0 Å². The summed E-state index contributed by atoms with van der Waals surface area (Å²) in [5, 5.41) is 9.47. The molecule has 1 amide bonds. The highest BCUT2D eigenvalue weighted by molar-refractivity contribution is 6.41. The molecule has 0 aromatic carbocycles. The van der Waals surface area contributed by atoms with Crippen LogP contribution in [-0.2, 0) is 4.79 Å². The van der Waals surface area contributed by atoms with Gasteiger partial charge in [-0.1, -0.05) is 23.2 Å². The molecule has 7 heteroatoms. The highest BCUT2D eigenvalue weighted by Gasteiger charge is 2.29. The molecule has 1 fully saturated rings. The number of nitrogens with one attached hydrogen (secondary N) is 1. The number of carboxylic acids is 1. The van der Waals surface area contributed by atoms with Gasteiger partial charge in [-0.25, -0.2) is 0 Å². The molecule has 1 atom stereocenters. The molecular weight excluding hydrogens is 279 g/mol. The van der Waals surface area contributed by atoms with Crippen LogP contribution in [0, 0.1) is 5.92 Å². The lowest BCUT2D eigenvalue weighted by molar-refractivity contribution is -0.143. The molecule has 0 saturated carbocycles. The highest BCUT2D eigenvalue weighted by atomic mass is 35.5. The molecular formula is C11H12Cl2N2O3. The van der Waals surface area contributed by atoms with E-state index in [0.717, 1.165) is 0 Å². The zero-order valence-electron chi connectivity index (χ0n) is 9.45. The third kappa shape index (κ3) is 2.62. The van der Waals surface area contributed by atoms with Gasteiger partial charge in [0.15, 0.2) is 0 Å². The van der Waals surface area contributed by atoms with Crippen LogP contribution in [0.2, 0.25) is 10.2 Å². The fourth-order valence-electron chi connectivity index (χ4n) is 2.05. The van der Waals surface area contributed by atoms with Crippen molar-refractivity contribution in [3.8, 4) is 0 Å². The number of aliphatic carboxylic acids is 1. The molecule has 1 saturated heterocycles. The number of hydrogen-bond donors (Lipinski definition) is 2. The number of aromatic amines is 1. The van der Waals surface area contributed by atoms with E-state index in [1.54, 1.807) is 0 Å². The van der Waals surface area contributed by atoms with Gasteiger partial charge in [0.2, 0.25) is 0 Å². The molecule has 18 heavy (non-hydrogen) atoms. The Bertz CT molecular complexity index is 467. The van der Waals surface area contributed by atoms with Crippen molar-refractivity contribution in [1.29, 1.82) is 0 Å². The van der Waals surface area contributed by atoms with E-state index in [1.165, 1.54) is 11.0 Å². The number of amides is 1. The maximum Gasteiger partial charge on any atom is 0.308 e. The van der Waals surface area contributed by atoms with E-state index in [1.807, 2.05) is 0 Å². The second-order valence-corrected chi connectivity index (χ2v) is 5.06. The summed E-state index contributed by atoms with van der Waals surface area (Å²) in [6.45, 7) is 0.777. The van der Waals surface area contributed by atoms with Gasteiger partial charge in [0.05, 0.1) is 10.9 Å². The number of likely N-dealkylation sites (tertiary alicyclic amines) is 1. The van der Waals surface area contributed by atoms with Gasteiger partial charge in [0.25, 0.3) is 5.91 Å². The Labute approximate surface area is 114 Å². The lowest BCUT2D eigenvalue weighted by atomic mass is 9.98. The van der Waals surface area contributed by atoms with E-state index in [9.17, 15) is 9.59 Å². The summed E-state index contributed by atoms with van der Waals surface area (Å²) in [5.74, 6) is -1.63. The largest absolute Gasteiger partial charge is 0.481 e. The maximum absolute atomic E-state index is 12.1. The summed E-state index contributed by atoms with van der Waals surface area (Å²) < 4.78 is 0. The number of carbonyl (C=O) groups excluding carboxylic acids is 1. The number of H-pyrrole nitrogens is 1. The second kappa shape index (κ2) is 5.20. The number of rotatable bonds is 2. The minimum atomic E-state index is -0.866. The fourth-order valence-corrected chi connectivity index (χ4v) is 2.37.